The van der Waals surface area contributed by atoms with Gasteiger partial charge in [0.25, 0.3) is 0 Å². The monoisotopic (exact) mass is 421 g/mol. The van der Waals surface area contributed by atoms with E-state index in [2.05, 4.69) is 34.6 Å². The van der Waals surface area contributed by atoms with E-state index in [1.807, 2.05) is 17.0 Å². The van der Waals surface area contributed by atoms with Crippen molar-refractivity contribution in [2.24, 2.45) is 5.41 Å². The van der Waals surface area contributed by atoms with E-state index < -0.39 is 5.41 Å². The lowest BCUT2D eigenvalue weighted by Gasteiger charge is -2.36. The molecule has 1 aromatic carbocycles. The molecule has 0 radical (unpaired) electrons. The van der Waals surface area contributed by atoms with Crippen LogP contribution in [0.1, 0.15) is 37.7 Å². The minimum Gasteiger partial charge on any atom is -0.381 e. The summed E-state index contributed by atoms with van der Waals surface area (Å²) in [5.74, 6) is -0.00340. The number of nitrogens with one attached hydrogen (secondary N) is 1. The molecular weight excluding hydrogens is 390 g/mol. The van der Waals surface area contributed by atoms with Gasteiger partial charge >= 0.3 is 0 Å². The Hall–Kier alpha value is -2.73. The van der Waals surface area contributed by atoms with Crippen LogP contribution >= 0.6 is 0 Å². The lowest BCUT2D eigenvalue weighted by Crippen LogP contribution is -2.49. The lowest BCUT2D eigenvalue weighted by molar-refractivity contribution is -0.140. The van der Waals surface area contributed by atoms with E-state index in [1.54, 1.807) is 12.4 Å². The molecule has 2 amide bonds. The van der Waals surface area contributed by atoms with Gasteiger partial charge in [0.1, 0.15) is 0 Å². The third kappa shape index (κ3) is 5.31. The number of carbonyl (C=O) groups is 2. The number of rotatable bonds is 6. The summed E-state index contributed by atoms with van der Waals surface area (Å²) in [5.41, 5.74) is 2.84. The fourth-order valence-corrected chi connectivity index (χ4v) is 4.59. The van der Waals surface area contributed by atoms with Crippen molar-refractivity contribution in [1.29, 1.82) is 0 Å². The van der Waals surface area contributed by atoms with Crippen LogP contribution in [-0.2, 0) is 20.7 Å². The molecule has 2 aromatic rings. The van der Waals surface area contributed by atoms with Gasteiger partial charge in [0.15, 0.2) is 0 Å². The van der Waals surface area contributed by atoms with Gasteiger partial charge in [0, 0.05) is 38.7 Å². The van der Waals surface area contributed by atoms with E-state index in [4.69, 9.17) is 4.74 Å². The van der Waals surface area contributed by atoms with Crippen LogP contribution in [0.4, 0.5) is 0 Å². The summed E-state index contributed by atoms with van der Waals surface area (Å²) < 4.78 is 5.55. The first kappa shape index (κ1) is 21.5. The minimum absolute atomic E-state index is 0.0250. The van der Waals surface area contributed by atoms with Crippen LogP contribution < -0.4 is 5.32 Å². The molecule has 1 aromatic heterocycles. The molecule has 2 aliphatic heterocycles. The number of amides is 2. The Bertz CT molecular complexity index is 871. The number of benzene rings is 1. The Morgan fingerprint density at radius 1 is 0.935 bits per heavy atom. The van der Waals surface area contributed by atoms with E-state index in [1.165, 1.54) is 6.42 Å². The molecule has 0 saturated carbocycles. The first-order chi connectivity index (χ1) is 15.2. The molecule has 2 saturated heterocycles. The van der Waals surface area contributed by atoms with Crippen LogP contribution in [-0.4, -0.2) is 54.5 Å². The van der Waals surface area contributed by atoms with E-state index in [0.29, 0.717) is 32.5 Å². The molecule has 1 N–H and O–H groups in total. The second-order valence-electron chi connectivity index (χ2n) is 8.63. The molecule has 0 bridgehead atoms. The average Bonchev–Trinajstić information content (AvgIpc) is 2.84. The number of hydrogen-bond acceptors (Lipinski definition) is 4. The summed E-state index contributed by atoms with van der Waals surface area (Å²) in [5, 5.41) is 2.96. The van der Waals surface area contributed by atoms with E-state index in [9.17, 15) is 9.59 Å². The third-order valence-corrected chi connectivity index (χ3v) is 6.55. The number of pyridine rings is 1. The van der Waals surface area contributed by atoms with Gasteiger partial charge in [0.05, 0.1) is 12.0 Å². The smallest absolute Gasteiger partial charge is 0.241 e. The van der Waals surface area contributed by atoms with Gasteiger partial charge in [-0.05, 0) is 67.3 Å². The molecular formula is C25H31N3O3. The molecule has 6 nitrogen and oxygen atoms in total. The Morgan fingerprint density at radius 3 is 2.26 bits per heavy atom. The molecule has 0 spiro atoms. The van der Waals surface area contributed by atoms with E-state index in [-0.39, 0.29) is 18.4 Å². The summed E-state index contributed by atoms with van der Waals surface area (Å²) in [6.07, 6.45) is 8.85. The molecule has 3 heterocycles. The maximum Gasteiger partial charge on any atom is 0.241 e. The molecule has 2 aliphatic rings. The Morgan fingerprint density at radius 2 is 1.58 bits per heavy atom. The maximum atomic E-state index is 13.3. The average molecular weight is 422 g/mol. The van der Waals surface area contributed by atoms with Crippen LogP contribution in [0.5, 0.6) is 0 Å². The van der Waals surface area contributed by atoms with Gasteiger partial charge in [0.2, 0.25) is 11.8 Å². The quantitative estimate of drug-likeness (QED) is 0.777. The molecule has 2 fully saturated rings. The molecule has 31 heavy (non-hydrogen) atoms. The molecule has 0 atom stereocenters. The highest BCUT2D eigenvalue weighted by Crippen LogP contribution is 2.35. The van der Waals surface area contributed by atoms with Crippen molar-refractivity contribution in [2.45, 2.75) is 38.5 Å². The van der Waals surface area contributed by atoms with Crippen LogP contribution in [0, 0.1) is 5.41 Å². The third-order valence-electron chi connectivity index (χ3n) is 6.55. The lowest BCUT2D eigenvalue weighted by atomic mass is 9.74. The van der Waals surface area contributed by atoms with Crippen molar-refractivity contribution in [3.05, 3.63) is 54.4 Å². The zero-order valence-electron chi connectivity index (χ0n) is 18.0. The standard InChI is InChI=1S/C25H31N3O3/c29-23(28-14-2-1-3-15-28)19-27-24(30)25(10-16-31-17-11-25)18-20-4-6-21(7-5-20)22-8-12-26-13-9-22/h4-9,12-13H,1-3,10-11,14-19H2,(H,27,30). The van der Waals surface area contributed by atoms with Gasteiger partial charge in [-0.1, -0.05) is 24.3 Å². The minimum atomic E-state index is -0.529. The number of piperidine rings is 1. The highest BCUT2D eigenvalue weighted by molar-refractivity contribution is 5.88. The Kier molecular flexibility index (Phi) is 6.97. The predicted octanol–water partition coefficient (Wildman–Crippen LogP) is 3.22. The van der Waals surface area contributed by atoms with Crippen molar-refractivity contribution in [3.8, 4) is 11.1 Å². The highest BCUT2D eigenvalue weighted by Gasteiger charge is 2.40. The summed E-state index contributed by atoms with van der Waals surface area (Å²) in [4.78, 5) is 31.7. The summed E-state index contributed by atoms with van der Waals surface area (Å²) >= 11 is 0. The number of ether oxygens (including phenoxy) is 1. The van der Waals surface area contributed by atoms with Crippen LogP contribution in [0.3, 0.4) is 0 Å². The van der Waals surface area contributed by atoms with Crippen molar-refractivity contribution in [2.75, 3.05) is 32.8 Å². The zero-order chi connectivity index (χ0) is 21.5. The van der Waals surface area contributed by atoms with Gasteiger partial charge < -0.3 is 15.0 Å². The Labute approximate surface area is 184 Å². The normalized spacial score (nSPS) is 18.4. The predicted molar refractivity (Wildman–Crippen MR) is 119 cm³/mol. The van der Waals surface area contributed by atoms with E-state index >= 15 is 0 Å². The van der Waals surface area contributed by atoms with Gasteiger partial charge in [-0.15, -0.1) is 0 Å². The number of aromatic nitrogens is 1. The first-order valence-corrected chi connectivity index (χ1v) is 11.3. The van der Waals surface area contributed by atoms with Crippen molar-refractivity contribution in [3.63, 3.8) is 0 Å². The fourth-order valence-electron chi connectivity index (χ4n) is 4.59. The largest absolute Gasteiger partial charge is 0.381 e. The molecule has 164 valence electrons. The molecule has 4 rings (SSSR count). The van der Waals surface area contributed by atoms with Crippen LogP contribution in [0.2, 0.25) is 0 Å². The van der Waals surface area contributed by atoms with Gasteiger partial charge in [-0.25, -0.2) is 0 Å². The number of likely N-dealkylation sites (tertiary alicyclic amines) is 1. The number of nitrogens with zero attached hydrogens (tertiary/aromatic N) is 2. The maximum absolute atomic E-state index is 13.3. The second-order valence-corrected chi connectivity index (χ2v) is 8.63. The Balaban J connectivity index is 1.42. The summed E-state index contributed by atoms with van der Waals surface area (Å²) in [7, 11) is 0. The zero-order valence-corrected chi connectivity index (χ0v) is 18.0. The van der Waals surface area contributed by atoms with Gasteiger partial charge in [-0.2, -0.15) is 0 Å². The summed E-state index contributed by atoms with van der Waals surface area (Å²) in [6, 6.07) is 12.4. The van der Waals surface area contributed by atoms with Crippen LogP contribution in [0.15, 0.2) is 48.8 Å². The second kappa shape index (κ2) is 10.1. The van der Waals surface area contributed by atoms with E-state index in [0.717, 1.165) is 42.6 Å². The topological polar surface area (TPSA) is 71.5 Å². The molecule has 6 heteroatoms. The van der Waals surface area contributed by atoms with Crippen molar-refractivity contribution < 1.29 is 14.3 Å². The first-order valence-electron chi connectivity index (χ1n) is 11.3. The van der Waals surface area contributed by atoms with Crippen molar-refractivity contribution >= 4 is 11.8 Å². The van der Waals surface area contributed by atoms with Crippen LogP contribution in [0.25, 0.3) is 11.1 Å². The SMILES string of the molecule is O=C(CNC(=O)C1(Cc2ccc(-c3ccncc3)cc2)CCOCC1)N1CCCCC1. The molecule has 0 aliphatic carbocycles. The molecule has 0 unspecified atom stereocenters. The number of carbonyl (C=O) groups excluding carboxylic acids is 2. The van der Waals surface area contributed by atoms with Crippen molar-refractivity contribution in [1.82, 2.24) is 15.2 Å². The summed E-state index contributed by atoms with van der Waals surface area (Å²) in [6.45, 7) is 2.84. The fraction of sp³-hybridized carbons (Fsp3) is 0.480. The number of hydrogen-bond donors (Lipinski definition) is 1. The van der Waals surface area contributed by atoms with Gasteiger partial charge in [-0.3, -0.25) is 14.6 Å². The highest BCUT2D eigenvalue weighted by atomic mass is 16.5.